The van der Waals surface area contributed by atoms with Gasteiger partial charge in [0.1, 0.15) is 0 Å². The Balaban J connectivity index is 2.91. The molecule has 0 radical (unpaired) electrons. The Kier molecular flexibility index (Phi) is 4.28. The molecule has 6 heteroatoms. The molecule has 1 aromatic carbocycles. The second-order valence-electron chi connectivity index (χ2n) is 3.45. The SMILES string of the molecule is CNC(C)c1cccc(NS(=O)(=O)NC)c1. The van der Waals surface area contributed by atoms with Crippen LogP contribution in [0.25, 0.3) is 0 Å². The van der Waals surface area contributed by atoms with Gasteiger partial charge in [-0.2, -0.15) is 8.42 Å². The molecule has 5 nitrogen and oxygen atoms in total. The Hall–Kier alpha value is -1.11. The van der Waals surface area contributed by atoms with E-state index in [1.54, 1.807) is 12.1 Å². The lowest BCUT2D eigenvalue weighted by atomic mass is 10.1. The molecular weight excluding hydrogens is 226 g/mol. The number of hydrogen-bond donors (Lipinski definition) is 3. The quantitative estimate of drug-likeness (QED) is 0.718. The zero-order valence-corrected chi connectivity index (χ0v) is 10.4. The highest BCUT2D eigenvalue weighted by molar-refractivity contribution is 7.90. The van der Waals surface area contributed by atoms with Crippen molar-refractivity contribution in [2.45, 2.75) is 13.0 Å². The molecular formula is C10H17N3O2S. The Labute approximate surface area is 96.4 Å². The van der Waals surface area contributed by atoms with Crippen LogP contribution in [0.4, 0.5) is 5.69 Å². The Morgan fingerprint density at radius 1 is 1.25 bits per heavy atom. The van der Waals surface area contributed by atoms with E-state index in [1.807, 2.05) is 26.1 Å². The molecule has 0 bridgehead atoms. The minimum atomic E-state index is -3.44. The molecule has 0 amide bonds. The molecule has 0 saturated heterocycles. The van der Waals surface area contributed by atoms with Crippen LogP contribution in [-0.4, -0.2) is 22.5 Å². The van der Waals surface area contributed by atoms with Crippen molar-refractivity contribution < 1.29 is 8.42 Å². The average molecular weight is 243 g/mol. The van der Waals surface area contributed by atoms with Crippen LogP contribution in [0.1, 0.15) is 18.5 Å². The topological polar surface area (TPSA) is 70.2 Å². The van der Waals surface area contributed by atoms with Gasteiger partial charge in [-0.1, -0.05) is 12.1 Å². The smallest absolute Gasteiger partial charge is 0.298 e. The fourth-order valence-electron chi connectivity index (χ4n) is 1.24. The first-order chi connectivity index (χ1) is 7.48. The van der Waals surface area contributed by atoms with Crippen molar-refractivity contribution in [3.63, 3.8) is 0 Å². The van der Waals surface area contributed by atoms with Crippen molar-refractivity contribution in [1.82, 2.24) is 10.0 Å². The van der Waals surface area contributed by atoms with E-state index in [-0.39, 0.29) is 6.04 Å². The number of benzene rings is 1. The maximum atomic E-state index is 11.3. The summed E-state index contributed by atoms with van der Waals surface area (Å²) in [5, 5.41) is 3.09. The first-order valence-electron chi connectivity index (χ1n) is 4.97. The fraction of sp³-hybridized carbons (Fsp3) is 0.400. The molecule has 1 aromatic rings. The Morgan fingerprint density at radius 3 is 2.50 bits per heavy atom. The minimum absolute atomic E-state index is 0.180. The van der Waals surface area contributed by atoms with E-state index in [1.165, 1.54) is 7.05 Å². The number of anilines is 1. The van der Waals surface area contributed by atoms with Crippen LogP contribution in [-0.2, 0) is 10.2 Å². The van der Waals surface area contributed by atoms with Gasteiger partial charge in [0.05, 0.1) is 5.69 Å². The van der Waals surface area contributed by atoms with Gasteiger partial charge >= 0.3 is 0 Å². The molecule has 0 saturated carbocycles. The molecule has 0 heterocycles. The summed E-state index contributed by atoms with van der Waals surface area (Å²) in [6.45, 7) is 2.01. The molecule has 0 spiro atoms. The van der Waals surface area contributed by atoms with Crippen LogP contribution in [0, 0.1) is 0 Å². The largest absolute Gasteiger partial charge is 0.313 e. The summed E-state index contributed by atoms with van der Waals surface area (Å²) in [6.07, 6.45) is 0. The standard InChI is InChI=1S/C10H17N3O2S/c1-8(11-2)9-5-4-6-10(7-9)13-16(14,15)12-3/h4-8,11-13H,1-3H3. The van der Waals surface area contributed by atoms with E-state index in [2.05, 4.69) is 14.8 Å². The van der Waals surface area contributed by atoms with Crippen LogP contribution >= 0.6 is 0 Å². The van der Waals surface area contributed by atoms with Crippen LogP contribution in [0.5, 0.6) is 0 Å². The molecule has 1 unspecified atom stereocenters. The highest BCUT2D eigenvalue weighted by atomic mass is 32.2. The molecule has 3 N–H and O–H groups in total. The average Bonchev–Trinajstić information content (AvgIpc) is 2.28. The summed E-state index contributed by atoms with van der Waals surface area (Å²) in [6, 6.07) is 7.45. The number of nitrogens with one attached hydrogen (secondary N) is 3. The van der Waals surface area contributed by atoms with Gasteiger partial charge in [0.15, 0.2) is 0 Å². The van der Waals surface area contributed by atoms with Crippen molar-refractivity contribution >= 4 is 15.9 Å². The molecule has 0 aliphatic heterocycles. The Morgan fingerprint density at radius 2 is 1.94 bits per heavy atom. The summed E-state index contributed by atoms with van der Waals surface area (Å²) in [5.74, 6) is 0. The van der Waals surface area contributed by atoms with Crippen LogP contribution in [0.2, 0.25) is 0 Å². The molecule has 0 aliphatic rings. The highest BCUT2D eigenvalue weighted by Gasteiger charge is 2.08. The van der Waals surface area contributed by atoms with Crippen LogP contribution in [0.15, 0.2) is 24.3 Å². The summed E-state index contributed by atoms with van der Waals surface area (Å²) in [7, 11) is -0.222. The van der Waals surface area contributed by atoms with E-state index in [9.17, 15) is 8.42 Å². The summed E-state index contributed by atoms with van der Waals surface area (Å²) in [5.41, 5.74) is 1.58. The first-order valence-corrected chi connectivity index (χ1v) is 6.45. The Bertz CT molecular complexity index is 445. The molecule has 90 valence electrons. The van der Waals surface area contributed by atoms with E-state index < -0.39 is 10.2 Å². The zero-order valence-electron chi connectivity index (χ0n) is 9.61. The monoisotopic (exact) mass is 243 g/mol. The summed E-state index contributed by atoms with van der Waals surface area (Å²) in [4.78, 5) is 0. The fourth-order valence-corrected chi connectivity index (χ4v) is 1.78. The lowest BCUT2D eigenvalue weighted by Crippen LogP contribution is -2.26. The molecule has 0 aromatic heterocycles. The summed E-state index contributed by atoms with van der Waals surface area (Å²) < 4.78 is 27.2. The third kappa shape index (κ3) is 3.48. The maximum absolute atomic E-state index is 11.3. The van der Waals surface area contributed by atoms with Gasteiger partial charge in [0, 0.05) is 13.1 Å². The van der Waals surface area contributed by atoms with Gasteiger partial charge in [-0.3, -0.25) is 4.72 Å². The second kappa shape index (κ2) is 5.29. The molecule has 16 heavy (non-hydrogen) atoms. The van der Waals surface area contributed by atoms with E-state index in [0.29, 0.717) is 5.69 Å². The van der Waals surface area contributed by atoms with Crippen molar-refractivity contribution in [3.8, 4) is 0 Å². The first kappa shape index (κ1) is 13.0. The molecule has 1 atom stereocenters. The van der Waals surface area contributed by atoms with Crippen LogP contribution < -0.4 is 14.8 Å². The lowest BCUT2D eigenvalue weighted by molar-refractivity contribution is 0.593. The van der Waals surface area contributed by atoms with E-state index in [4.69, 9.17) is 0 Å². The third-order valence-electron chi connectivity index (χ3n) is 2.34. The van der Waals surface area contributed by atoms with E-state index >= 15 is 0 Å². The second-order valence-corrected chi connectivity index (χ2v) is 5.06. The number of rotatable bonds is 5. The van der Waals surface area contributed by atoms with Crippen molar-refractivity contribution in [2.75, 3.05) is 18.8 Å². The minimum Gasteiger partial charge on any atom is -0.313 e. The van der Waals surface area contributed by atoms with Crippen LogP contribution in [0.3, 0.4) is 0 Å². The van der Waals surface area contributed by atoms with Crippen molar-refractivity contribution in [2.24, 2.45) is 0 Å². The predicted octanol–water partition coefficient (Wildman–Crippen LogP) is 0.843. The third-order valence-corrected chi connectivity index (χ3v) is 3.38. The number of hydrogen-bond acceptors (Lipinski definition) is 3. The predicted molar refractivity (Wildman–Crippen MR) is 65.5 cm³/mol. The molecule has 0 fully saturated rings. The maximum Gasteiger partial charge on any atom is 0.298 e. The van der Waals surface area contributed by atoms with Crippen molar-refractivity contribution in [1.29, 1.82) is 0 Å². The van der Waals surface area contributed by atoms with E-state index in [0.717, 1.165) is 5.56 Å². The van der Waals surface area contributed by atoms with Crippen molar-refractivity contribution in [3.05, 3.63) is 29.8 Å². The van der Waals surface area contributed by atoms with Gasteiger partial charge in [-0.25, -0.2) is 4.72 Å². The summed E-state index contributed by atoms with van der Waals surface area (Å²) >= 11 is 0. The zero-order chi connectivity index (χ0) is 12.2. The highest BCUT2D eigenvalue weighted by Crippen LogP contribution is 2.17. The van der Waals surface area contributed by atoms with Gasteiger partial charge in [-0.15, -0.1) is 0 Å². The normalized spacial score (nSPS) is 13.4. The molecule has 0 aliphatic carbocycles. The lowest BCUT2D eigenvalue weighted by Gasteiger charge is -2.12. The molecule has 1 rings (SSSR count). The van der Waals surface area contributed by atoms with Gasteiger partial charge < -0.3 is 5.32 Å². The van der Waals surface area contributed by atoms with Gasteiger partial charge in [0.2, 0.25) is 0 Å². The van der Waals surface area contributed by atoms with Gasteiger partial charge in [-0.05, 0) is 31.7 Å². The van der Waals surface area contributed by atoms with Gasteiger partial charge in [0.25, 0.3) is 10.2 Å².